The molecule has 4 nitrogen and oxygen atoms in total. The van der Waals surface area contributed by atoms with Crippen LogP contribution in [0.25, 0.3) is 0 Å². The Morgan fingerprint density at radius 2 is 1.31 bits per heavy atom. The van der Waals surface area contributed by atoms with Crippen LogP contribution in [0.4, 0.5) is 0 Å². The summed E-state index contributed by atoms with van der Waals surface area (Å²) in [4.78, 5) is 26.6. The van der Waals surface area contributed by atoms with Crippen LogP contribution in [-0.2, 0) is 27.4 Å². The van der Waals surface area contributed by atoms with Crippen LogP contribution in [0.5, 0.6) is 0 Å². The number of carbonyl (C=O) groups excluding carboxylic acids is 2. The van der Waals surface area contributed by atoms with Gasteiger partial charge in [-0.2, -0.15) is 0 Å². The van der Waals surface area contributed by atoms with Gasteiger partial charge < -0.3 is 4.74 Å². The third kappa shape index (κ3) is 5.81. The average Bonchev–Trinajstić information content (AvgIpc) is 2.61. The van der Waals surface area contributed by atoms with Crippen molar-refractivity contribution >= 4 is 11.9 Å². The van der Waals surface area contributed by atoms with Crippen molar-refractivity contribution in [2.24, 2.45) is 5.41 Å². The van der Waals surface area contributed by atoms with E-state index in [1.54, 1.807) is 27.7 Å². The van der Waals surface area contributed by atoms with Crippen molar-refractivity contribution in [1.82, 2.24) is 4.90 Å². The Balaban J connectivity index is 2.16. The van der Waals surface area contributed by atoms with Crippen LogP contribution in [0.1, 0.15) is 38.8 Å². The minimum atomic E-state index is -0.709. The third-order valence-electron chi connectivity index (χ3n) is 4.15. The van der Waals surface area contributed by atoms with Crippen molar-refractivity contribution in [2.45, 2.75) is 46.8 Å². The fourth-order valence-corrected chi connectivity index (χ4v) is 2.44. The standard InChI is InChI=1S/C22H27NO3/c1-17(20(24)26-21(25)22(2,3)4)23(15-18-11-7-5-8-12-18)16-19-13-9-6-10-14-19/h5-14,17H,15-16H2,1-4H3/t17-/m1/s1. The van der Waals surface area contributed by atoms with E-state index in [1.165, 1.54) is 0 Å². The summed E-state index contributed by atoms with van der Waals surface area (Å²) in [5.74, 6) is -1.02. The molecule has 0 saturated heterocycles. The molecule has 4 heteroatoms. The van der Waals surface area contributed by atoms with Gasteiger partial charge in [0, 0.05) is 13.1 Å². The van der Waals surface area contributed by atoms with Crippen LogP contribution in [0.2, 0.25) is 0 Å². The van der Waals surface area contributed by atoms with E-state index in [2.05, 4.69) is 0 Å². The monoisotopic (exact) mass is 353 g/mol. The maximum absolute atomic E-state index is 12.5. The molecule has 0 N–H and O–H groups in total. The van der Waals surface area contributed by atoms with Gasteiger partial charge >= 0.3 is 11.9 Å². The summed E-state index contributed by atoms with van der Waals surface area (Å²) in [7, 11) is 0. The van der Waals surface area contributed by atoms with Gasteiger partial charge in [0.1, 0.15) is 6.04 Å². The Labute approximate surface area is 155 Å². The third-order valence-corrected chi connectivity index (χ3v) is 4.15. The SMILES string of the molecule is C[C@H](C(=O)OC(=O)C(C)(C)C)N(Cc1ccccc1)Cc1ccccc1. The Kier molecular flexibility index (Phi) is 6.70. The van der Waals surface area contributed by atoms with E-state index < -0.39 is 23.4 Å². The average molecular weight is 353 g/mol. The molecule has 0 saturated carbocycles. The number of ether oxygens (including phenoxy) is 1. The van der Waals surface area contributed by atoms with Gasteiger partial charge in [-0.25, -0.2) is 4.79 Å². The molecule has 0 aliphatic rings. The maximum Gasteiger partial charge on any atom is 0.330 e. The van der Waals surface area contributed by atoms with Gasteiger partial charge in [-0.1, -0.05) is 60.7 Å². The van der Waals surface area contributed by atoms with Crippen molar-refractivity contribution in [1.29, 1.82) is 0 Å². The number of nitrogens with zero attached hydrogens (tertiary/aromatic N) is 1. The Hall–Kier alpha value is -2.46. The minimum Gasteiger partial charge on any atom is -0.392 e. The van der Waals surface area contributed by atoms with Gasteiger partial charge in [0.15, 0.2) is 0 Å². The van der Waals surface area contributed by atoms with Crippen molar-refractivity contribution < 1.29 is 14.3 Å². The number of rotatable bonds is 6. The first kappa shape index (κ1) is 19.9. The molecule has 2 rings (SSSR count). The fourth-order valence-electron chi connectivity index (χ4n) is 2.44. The van der Waals surface area contributed by atoms with E-state index in [0.717, 1.165) is 11.1 Å². The molecular weight excluding hydrogens is 326 g/mol. The molecule has 26 heavy (non-hydrogen) atoms. The molecule has 0 bridgehead atoms. The summed E-state index contributed by atoms with van der Waals surface area (Å²) in [5, 5.41) is 0. The van der Waals surface area contributed by atoms with E-state index >= 15 is 0 Å². The molecule has 0 aliphatic heterocycles. The molecule has 0 fully saturated rings. The summed E-state index contributed by atoms with van der Waals surface area (Å²) < 4.78 is 5.11. The van der Waals surface area contributed by atoms with Crippen molar-refractivity contribution in [3.63, 3.8) is 0 Å². The summed E-state index contributed by atoms with van der Waals surface area (Å²) in [6.07, 6.45) is 0. The van der Waals surface area contributed by atoms with Crippen LogP contribution >= 0.6 is 0 Å². The van der Waals surface area contributed by atoms with Crippen molar-refractivity contribution in [3.8, 4) is 0 Å². The second-order valence-electron chi connectivity index (χ2n) is 7.51. The number of hydrogen-bond donors (Lipinski definition) is 0. The molecular formula is C22H27NO3. The maximum atomic E-state index is 12.5. The lowest BCUT2D eigenvalue weighted by molar-refractivity contribution is -0.169. The number of esters is 2. The number of carbonyl (C=O) groups is 2. The van der Waals surface area contributed by atoms with Crippen LogP contribution in [0.15, 0.2) is 60.7 Å². The molecule has 0 aromatic heterocycles. The van der Waals surface area contributed by atoms with Crippen LogP contribution < -0.4 is 0 Å². The summed E-state index contributed by atoms with van der Waals surface area (Å²) >= 11 is 0. The smallest absolute Gasteiger partial charge is 0.330 e. The molecule has 0 amide bonds. The van der Waals surface area contributed by atoms with Crippen molar-refractivity contribution in [3.05, 3.63) is 71.8 Å². The first-order valence-corrected chi connectivity index (χ1v) is 8.85. The fraction of sp³-hybridized carbons (Fsp3) is 0.364. The lowest BCUT2D eigenvalue weighted by Crippen LogP contribution is -2.41. The molecule has 1 atom stereocenters. The lowest BCUT2D eigenvalue weighted by Gasteiger charge is -2.28. The van der Waals surface area contributed by atoms with Gasteiger partial charge in [0.2, 0.25) is 0 Å². The first-order chi connectivity index (χ1) is 12.3. The highest BCUT2D eigenvalue weighted by atomic mass is 16.6. The second-order valence-corrected chi connectivity index (χ2v) is 7.51. The Morgan fingerprint density at radius 1 is 0.885 bits per heavy atom. The van der Waals surface area contributed by atoms with Crippen molar-refractivity contribution in [2.75, 3.05) is 0 Å². The highest BCUT2D eigenvalue weighted by Gasteiger charge is 2.30. The van der Waals surface area contributed by atoms with Gasteiger partial charge in [-0.05, 0) is 38.8 Å². The zero-order valence-corrected chi connectivity index (χ0v) is 15.9. The molecule has 0 spiro atoms. The predicted octanol–water partition coefficient (Wildman–Crippen LogP) is 4.19. The lowest BCUT2D eigenvalue weighted by atomic mass is 9.97. The first-order valence-electron chi connectivity index (χ1n) is 8.85. The minimum absolute atomic E-state index is 0.506. The molecule has 2 aromatic rings. The van der Waals surface area contributed by atoms with E-state index in [4.69, 9.17) is 4.74 Å². The van der Waals surface area contributed by atoms with Gasteiger partial charge in [0.05, 0.1) is 5.41 Å². The Bertz CT molecular complexity index is 679. The van der Waals surface area contributed by atoms with Crippen LogP contribution in [-0.4, -0.2) is 22.9 Å². The molecule has 138 valence electrons. The second kappa shape index (κ2) is 8.77. The van der Waals surface area contributed by atoms with Gasteiger partial charge in [-0.3, -0.25) is 9.69 Å². The normalized spacial score (nSPS) is 12.7. The molecule has 0 aliphatic carbocycles. The van der Waals surface area contributed by atoms with E-state index in [0.29, 0.717) is 13.1 Å². The van der Waals surface area contributed by atoms with Gasteiger partial charge in [0.25, 0.3) is 0 Å². The topological polar surface area (TPSA) is 46.6 Å². The molecule has 0 radical (unpaired) electrons. The zero-order chi connectivity index (χ0) is 19.2. The summed E-state index contributed by atoms with van der Waals surface area (Å²) in [6.45, 7) is 8.17. The highest BCUT2D eigenvalue weighted by Crippen LogP contribution is 2.18. The van der Waals surface area contributed by atoms with E-state index in [9.17, 15) is 9.59 Å². The molecule has 0 heterocycles. The van der Waals surface area contributed by atoms with E-state index in [1.807, 2.05) is 65.6 Å². The summed E-state index contributed by atoms with van der Waals surface area (Å²) in [5.41, 5.74) is 1.49. The van der Waals surface area contributed by atoms with E-state index in [-0.39, 0.29) is 0 Å². The summed E-state index contributed by atoms with van der Waals surface area (Å²) in [6, 6.07) is 19.4. The predicted molar refractivity (Wildman–Crippen MR) is 102 cm³/mol. The van der Waals surface area contributed by atoms with Crippen LogP contribution in [0, 0.1) is 5.41 Å². The van der Waals surface area contributed by atoms with Gasteiger partial charge in [-0.15, -0.1) is 0 Å². The quantitative estimate of drug-likeness (QED) is 0.577. The molecule has 0 unspecified atom stereocenters. The highest BCUT2D eigenvalue weighted by molar-refractivity contribution is 5.90. The Morgan fingerprint density at radius 3 is 1.69 bits per heavy atom. The number of hydrogen-bond acceptors (Lipinski definition) is 4. The molecule has 2 aromatic carbocycles. The van der Waals surface area contributed by atoms with Crippen LogP contribution in [0.3, 0.4) is 0 Å². The number of benzene rings is 2. The zero-order valence-electron chi connectivity index (χ0n) is 15.9. The largest absolute Gasteiger partial charge is 0.392 e.